The first-order valence-corrected chi connectivity index (χ1v) is 8.92. The highest BCUT2D eigenvalue weighted by molar-refractivity contribution is 7.80. The van der Waals surface area contributed by atoms with Crippen LogP contribution >= 0.6 is 12.2 Å². The van der Waals surface area contributed by atoms with Crippen LogP contribution in [0.4, 0.5) is 11.4 Å². The van der Waals surface area contributed by atoms with Gasteiger partial charge in [0.1, 0.15) is 0 Å². The second-order valence-electron chi connectivity index (χ2n) is 6.38. The molecule has 1 N–H and O–H groups in total. The molecule has 0 spiro atoms. The van der Waals surface area contributed by atoms with Crippen molar-refractivity contribution in [1.82, 2.24) is 4.90 Å². The maximum Gasteiger partial charge on any atom is 0.173 e. The van der Waals surface area contributed by atoms with Crippen LogP contribution in [0.1, 0.15) is 22.8 Å². The van der Waals surface area contributed by atoms with Gasteiger partial charge in [-0.2, -0.15) is 0 Å². The normalized spacial score (nSPS) is 14.3. The molecule has 130 valence electrons. The van der Waals surface area contributed by atoms with Gasteiger partial charge in [-0.3, -0.25) is 4.79 Å². The molecule has 0 saturated carbocycles. The number of anilines is 2. The molecule has 25 heavy (non-hydrogen) atoms. The average Bonchev–Trinajstić information content (AvgIpc) is 2.62. The van der Waals surface area contributed by atoms with Crippen molar-refractivity contribution in [3.8, 4) is 0 Å². The number of nitrogens with one attached hydrogen (secondary N) is 1. The van der Waals surface area contributed by atoms with E-state index in [4.69, 9.17) is 12.2 Å². The van der Waals surface area contributed by atoms with Crippen LogP contribution in [0.5, 0.6) is 0 Å². The van der Waals surface area contributed by atoms with E-state index >= 15 is 0 Å². The summed E-state index contributed by atoms with van der Waals surface area (Å²) in [5.41, 5.74) is 4.16. The van der Waals surface area contributed by atoms with E-state index in [1.807, 2.05) is 36.4 Å². The number of hydrogen-bond acceptors (Lipinski definition) is 3. The minimum atomic E-state index is 0.101. The molecule has 0 bridgehead atoms. The van der Waals surface area contributed by atoms with Crippen molar-refractivity contribution < 1.29 is 4.79 Å². The van der Waals surface area contributed by atoms with Gasteiger partial charge in [0.15, 0.2) is 10.9 Å². The highest BCUT2D eigenvalue weighted by atomic mass is 32.1. The second kappa shape index (κ2) is 7.66. The summed E-state index contributed by atoms with van der Waals surface area (Å²) in [6, 6.07) is 16.1. The van der Waals surface area contributed by atoms with Gasteiger partial charge < -0.3 is 15.1 Å². The molecule has 1 aliphatic heterocycles. The summed E-state index contributed by atoms with van der Waals surface area (Å²) in [5, 5.41) is 4.10. The lowest BCUT2D eigenvalue weighted by Gasteiger charge is -2.37. The fourth-order valence-electron chi connectivity index (χ4n) is 3.00. The van der Waals surface area contributed by atoms with Crippen LogP contribution < -0.4 is 10.2 Å². The van der Waals surface area contributed by atoms with Crippen molar-refractivity contribution in [2.75, 3.05) is 36.4 Å². The number of carbonyl (C=O) groups excluding carboxylic acids is 1. The maximum atomic E-state index is 11.4. The fraction of sp³-hybridized carbons (Fsp3) is 0.300. The Balaban J connectivity index is 1.56. The van der Waals surface area contributed by atoms with Crippen molar-refractivity contribution in [3.63, 3.8) is 0 Å². The third kappa shape index (κ3) is 4.37. The van der Waals surface area contributed by atoms with Crippen LogP contribution in [0.15, 0.2) is 48.5 Å². The number of hydrogen-bond donors (Lipinski definition) is 1. The number of ketones is 1. The summed E-state index contributed by atoms with van der Waals surface area (Å²) in [6.45, 7) is 7.25. The van der Waals surface area contributed by atoms with Gasteiger partial charge in [0, 0.05) is 43.1 Å². The van der Waals surface area contributed by atoms with E-state index in [-0.39, 0.29) is 5.78 Å². The molecule has 5 heteroatoms. The lowest BCUT2D eigenvalue weighted by molar-refractivity contribution is 0.101. The zero-order valence-corrected chi connectivity index (χ0v) is 15.5. The van der Waals surface area contributed by atoms with Gasteiger partial charge in [-0.1, -0.05) is 12.1 Å². The molecule has 1 aliphatic rings. The Hall–Kier alpha value is -2.40. The third-order valence-electron chi connectivity index (χ3n) is 4.48. The predicted octanol–water partition coefficient (Wildman–Crippen LogP) is 3.72. The van der Waals surface area contributed by atoms with Gasteiger partial charge >= 0.3 is 0 Å². The molecule has 0 aromatic heterocycles. The summed E-state index contributed by atoms with van der Waals surface area (Å²) in [4.78, 5) is 15.9. The van der Waals surface area contributed by atoms with Crippen LogP contribution in [0, 0.1) is 6.92 Å². The number of nitrogens with zero attached hydrogens (tertiary/aromatic N) is 2. The Labute approximate surface area is 154 Å². The van der Waals surface area contributed by atoms with Crippen molar-refractivity contribution in [3.05, 3.63) is 59.7 Å². The van der Waals surface area contributed by atoms with Crippen molar-refractivity contribution in [1.29, 1.82) is 0 Å². The van der Waals surface area contributed by atoms with E-state index in [0.29, 0.717) is 0 Å². The third-order valence-corrected chi connectivity index (χ3v) is 4.84. The van der Waals surface area contributed by atoms with E-state index < -0.39 is 0 Å². The summed E-state index contributed by atoms with van der Waals surface area (Å²) < 4.78 is 0. The molecular weight excluding hydrogens is 330 g/mol. The average molecular weight is 353 g/mol. The van der Waals surface area contributed by atoms with Crippen LogP contribution in [-0.2, 0) is 0 Å². The highest BCUT2D eigenvalue weighted by Gasteiger charge is 2.19. The van der Waals surface area contributed by atoms with Gasteiger partial charge in [0.05, 0.1) is 0 Å². The monoisotopic (exact) mass is 353 g/mol. The number of aryl methyl sites for hydroxylation is 1. The first kappa shape index (κ1) is 17.4. The van der Waals surface area contributed by atoms with E-state index in [9.17, 15) is 4.79 Å². The highest BCUT2D eigenvalue weighted by Crippen LogP contribution is 2.18. The van der Waals surface area contributed by atoms with E-state index in [1.54, 1.807) is 6.92 Å². The van der Waals surface area contributed by atoms with Crippen molar-refractivity contribution in [2.24, 2.45) is 0 Å². The van der Waals surface area contributed by atoms with E-state index in [1.165, 1.54) is 5.56 Å². The molecular formula is C20H23N3OS. The van der Waals surface area contributed by atoms with Crippen LogP contribution in [0.2, 0.25) is 0 Å². The Kier molecular flexibility index (Phi) is 5.34. The first-order chi connectivity index (χ1) is 12.0. The summed E-state index contributed by atoms with van der Waals surface area (Å²) in [5.74, 6) is 0.101. The second-order valence-corrected chi connectivity index (χ2v) is 6.76. The lowest BCUT2D eigenvalue weighted by atomic mass is 10.1. The topological polar surface area (TPSA) is 35.6 Å². The number of carbonyl (C=O) groups is 1. The number of piperazine rings is 1. The quantitative estimate of drug-likeness (QED) is 0.672. The van der Waals surface area contributed by atoms with Gasteiger partial charge in [-0.25, -0.2) is 0 Å². The molecule has 0 amide bonds. The number of thiocarbonyl (C=S) groups is 1. The van der Waals surface area contributed by atoms with Crippen molar-refractivity contribution in [2.45, 2.75) is 13.8 Å². The minimum Gasteiger partial charge on any atom is -0.368 e. The van der Waals surface area contributed by atoms with E-state index in [2.05, 4.69) is 34.2 Å². The SMILES string of the molecule is CC(=O)c1ccc(N2CCN(C(=S)Nc3cccc(C)c3)CC2)cc1. The molecule has 1 saturated heterocycles. The van der Waals surface area contributed by atoms with Gasteiger partial charge in [-0.05, 0) is 68.0 Å². The van der Waals surface area contributed by atoms with Crippen LogP contribution in [0.25, 0.3) is 0 Å². The Morgan fingerprint density at radius 1 is 1.04 bits per heavy atom. The van der Waals surface area contributed by atoms with Gasteiger partial charge in [0.25, 0.3) is 0 Å². The molecule has 3 rings (SSSR count). The van der Waals surface area contributed by atoms with E-state index in [0.717, 1.165) is 48.2 Å². The number of rotatable bonds is 3. The zero-order chi connectivity index (χ0) is 17.8. The number of benzene rings is 2. The molecule has 1 heterocycles. The van der Waals surface area contributed by atoms with Crippen LogP contribution in [-0.4, -0.2) is 42.0 Å². The summed E-state index contributed by atoms with van der Waals surface area (Å²) >= 11 is 5.56. The predicted molar refractivity (Wildman–Crippen MR) is 108 cm³/mol. The lowest BCUT2D eigenvalue weighted by Crippen LogP contribution is -2.50. The summed E-state index contributed by atoms with van der Waals surface area (Å²) in [7, 11) is 0. The van der Waals surface area contributed by atoms with Gasteiger partial charge in [0.2, 0.25) is 0 Å². The Bertz CT molecular complexity index is 765. The Morgan fingerprint density at radius 3 is 2.32 bits per heavy atom. The maximum absolute atomic E-state index is 11.4. The smallest absolute Gasteiger partial charge is 0.173 e. The zero-order valence-electron chi connectivity index (χ0n) is 14.7. The van der Waals surface area contributed by atoms with Gasteiger partial charge in [-0.15, -0.1) is 0 Å². The molecule has 4 nitrogen and oxygen atoms in total. The fourth-order valence-corrected chi connectivity index (χ4v) is 3.30. The Morgan fingerprint density at radius 2 is 1.72 bits per heavy atom. The molecule has 0 unspecified atom stereocenters. The molecule has 2 aromatic carbocycles. The molecule has 2 aromatic rings. The largest absolute Gasteiger partial charge is 0.368 e. The van der Waals surface area contributed by atoms with Crippen molar-refractivity contribution >= 4 is 34.5 Å². The first-order valence-electron chi connectivity index (χ1n) is 8.51. The molecule has 0 atom stereocenters. The summed E-state index contributed by atoms with van der Waals surface area (Å²) in [6.07, 6.45) is 0. The molecule has 0 aliphatic carbocycles. The molecule has 0 radical (unpaired) electrons. The molecule has 1 fully saturated rings. The number of Topliss-reactive ketones (excluding diaryl/α,β-unsaturated/α-hetero) is 1. The standard InChI is InChI=1S/C20H23N3OS/c1-15-4-3-5-18(14-15)21-20(25)23-12-10-22(11-13-23)19-8-6-17(7-9-19)16(2)24/h3-9,14H,10-13H2,1-2H3,(H,21,25). The minimum absolute atomic E-state index is 0.101. The van der Waals surface area contributed by atoms with Crippen LogP contribution in [0.3, 0.4) is 0 Å².